The highest BCUT2D eigenvalue weighted by atomic mass is 32.2. The maximum absolute atomic E-state index is 5.98. The van der Waals surface area contributed by atoms with Crippen LogP contribution in [0.15, 0.2) is 76.5 Å². The molecule has 0 fully saturated rings. The van der Waals surface area contributed by atoms with Crippen molar-refractivity contribution in [2.24, 2.45) is 0 Å². The van der Waals surface area contributed by atoms with E-state index in [2.05, 4.69) is 72.5 Å². The van der Waals surface area contributed by atoms with E-state index in [1.54, 1.807) is 0 Å². The number of para-hydroxylation sites is 2. The average Bonchev–Trinajstić information content (AvgIpc) is 2.55. The summed E-state index contributed by atoms with van der Waals surface area (Å²) >= 11 is 1.82. The third-order valence-electron chi connectivity index (χ3n) is 3.94. The van der Waals surface area contributed by atoms with Gasteiger partial charge in [-0.05, 0) is 55.0 Å². The van der Waals surface area contributed by atoms with Gasteiger partial charge >= 0.3 is 0 Å². The highest BCUT2D eigenvalue weighted by Gasteiger charge is 2.24. The van der Waals surface area contributed by atoms with Gasteiger partial charge in [-0.2, -0.15) is 0 Å². The Bertz CT molecular complexity index is 812. The predicted molar refractivity (Wildman–Crippen MR) is 94.4 cm³/mol. The van der Waals surface area contributed by atoms with Crippen LogP contribution in [-0.2, 0) is 0 Å². The second-order valence-electron chi connectivity index (χ2n) is 5.41. The number of anilines is 4. The number of nitrogen functional groups attached to an aromatic ring is 1. The Kier molecular flexibility index (Phi) is 3.09. The van der Waals surface area contributed by atoms with Crippen molar-refractivity contribution >= 4 is 34.5 Å². The van der Waals surface area contributed by atoms with Crippen LogP contribution in [0.25, 0.3) is 0 Å². The molecular formula is C19H16N2S. The molecule has 1 aliphatic heterocycles. The van der Waals surface area contributed by atoms with Crippen molar-refractivity contribution in [1.82, 2.24) is 0 Å². The van der Waals surface area contributed by atoms with Gasteiger partial charge in [-0.1, -0.05) is 36.0 Å². The first-order valence-corrected chi connectivity index (χ1v) is 8.08. The molecule has 0 spiro atoms. The standard InChI is InChI=1S/C19H16N2S/c1-13-12-14(10-11-15(13)20)21-16-6-2-4-8-18(16)22-19-9-5-3-7-17(19)21/h2-12H,20H2,1H3. The van der Waals surface area contributed by atoms with Crippen molar-refractivity contribution < 1.29 is 0 Å². The maximum Gasteiger partial charge on any atom is 0.0601 e. The summed E-state index contributed by atoms with van der Waals surface area (Å²) in [4.78, 5) is 4.86. The Morgan fingerprint density at radius 3 is 2.00 bits per heavy atom. The minimum Gasteiger partial charge on any atom is -0.399 e. The first-order valence-electron chi connectivity index (χ1n) is 7.26. The number of aryl methyl sites for hydroxylation is 1. The van der Waals surface area contributed by atoms with E-state index in [9.17, 15) is 0 Å². The fraction of sp³-hybridized carbons (Fsp3) is 0.0526. The van der Waals surface area contributed by atoms with Crippen LogP contribution in [0.5, 0.6) is 0 Å². The second kappa shape index (κ2) is 5.11. The Morgan fingerprint density at radius 1 is 0.818 bits per heavy atom. The summed E-state index contributed by atoms with van der Waals surface area (Å²) in [6.07, 6.45) is 0. The lowest BCUT2D eigenvalue weighted by molar-refractivity contribution is 1.16. The van der Waals surface area contributed by atoms with E-state index in [-0.39, 0.29) is 0 Å². The van der Waals surface area contributed by atoms with Gasteiger partial charge in [0, 0.05) is 21.2 Å². The third-order valence-corrected chi connectivity index (χ3v) is 5.07. The molecule has 2 nitrogen and oxygen atoms in total. The molecule has 0 amide bonds. The van der Waals surface area contributed by atoms with Gasteiger partial charge in [0.05, 0.1) is 11.4 Å². The van der Waals surface area contributed by atoms with Crippen LogP contribution in [0.1, 0.15) is 5.56 Å². The highest BCUT2D eigenvalue weighted by Crippen LogP contribution is 2.51. The van der Waals surface area contributed by atoms with Crippen molar-refractivity contribution in [3.8, 4) is 0 Å². The second-order valence-corrected chi connectivity index (χ2v) is 6.50. The molecule has 0 atom stereocenters. The summed E-state index contributed by atoms with van der Waals surface area (Å²) in [7, 11) is 0. The molecule has 0 unspecified atom stereocenters. The Morgan fingerprint density at radius 2 is 1.41 bits per heavy atom. The Hall–Kier alpha value is -2.39. The predicted octanol–water partition coefficient (Wildman–Crippen LogP) is 5.51. The zero-order valence-electron chi connectivity index (χ0n) is 12.3. The molecule has 0 aliphatic carbocycles. The molecule has 3 aromatic carbocycles. The Balaban J connectivity index is 1.96. The van der Waals surface area contributed by atoms with Crippen molar-refractivity contribution in [2.45, 2.75) is 16.7 Å². The molecule has 0 bridgehead atoms. The van der Waals surface area contributed by atoms with Gasteiger partial charge in [-0.25, -0.2) is 0 Å². The van der Waals surface area contributed by atoms with Crippen LogP contribution in [-0.4, -0.2) is 0 Å². The van der Waals surface area contributed by atoms with Crippen molar-refractivity contribution in [1.29, 1.82) is 0 Å². The minimum atomic E-state index is 0.830. The number of hydrogen-bond donors (Lipinski definition) is 1. The fourth-order valence-corrected chi connectivity index (χ4v) is 3.84. The van der Waals surface area contributed by atoms with Crippen LogP contribution < -0.4 is 10.6 Å². The molecular weight excluding hydrogens is 288 g/mol. The fourth-order valence-electron chi connectivity index (χ4n) is 2.78. The summed E-state index contributed by atoms with van der Waals surface area (Å²) in [5.74, 6) is 0. The van der Waals surface area contributed by atoms with Crippen LogP contribution in [0.2, 0.25) is 0 Å². The third kappa shape index (κ3) is 2.06. The first kappa shape index (κ1) is 13.3. The van der Waals surface area contributed by atoms with Gasteiger partial charge in [-0.15, -0.1) is 0 Å². The van der Waals surface area contributed by atoms with Crippen LogP contribution in [0, 0.1) is 6.92 Å². The highest BCUT2D eigenvalue weighted by molar-refractivity contribution is 7.99. The zero-order valence-corrected chi connectivity index (χ0v) is 13.1. The van der Waals surface area contributed by atoms with Crippen LogP contribution >= 0.6 is 11.8 Å². The molecule has 0 saturated carbocycles. The lowest BCUT2D eigenvalue weighted by atomic mass is 10.1. The molecule has 1 aliphatic rings. The van der Waals surface area contributed by atoms with Crippen molar-refractivity contribution in [3.63, 3.8) is 0 Å². The van der Waals surface area contributed by atoms with Gasteiger partial charge in [-0.3, -0.25) is 0 Å². The largest absolute Gasteiger partial charge is 0.399 e. The van der Waals surface area contributed by atoms with Gasteiger partial charge in [0.15, 0.2) is 0 Å². The quantitative estimate of drug-likeness (QED) is 0.470. The van der Waals surface area contributed by atoms with E-state index >= 15 is 0 Å². The Labute approximate surface area is 134 Å². The number of fused-ring (bicyclic) bond motifs is 2. The lowest BCUT2D eigenvalue weighted by Gasteiger charge is -2.33. The first-order chi connectivity index (χ1) is 10.7. The van der Waals surface area contributed by atoms with Gasteiger partial charge in [0.1, 0.15) is 0 Å². The van der Waals surface area contributed by atoms with E-state index in [0.717, 1.165) is 16.9 Å². The number of rotatable bonds is 1. The summed E-state index contributed by atoms with van der Waals surface area (Å²) in [5, 5.41) is 0. The molecule has 0 radical (unpaired) electrons. The summed E-state index contributed by atoms with van der Waals surface area (Å²) in [5.41, 5.74) is 11.5. The molecule has 22 heavy (non-hydrogen) atoms. The zero-order chi connectivity index (χ0) is 15.1. The van der Waals surface area contributed by atoms with Gasteiger partial charge in [0.2, 0.25) is 0 Å². The minimum absolute atomic E-state index is 0.830. The molecule has 3 heteroatoms. The molecule has 3 aromatic rings. The SMILES string of the molecule is Cc1cc(N2c3ccccc3Sc3ccccc32)ccc1N. The lowest BCUT2D eigenvalue weighted by Crippen LogP contribution is -2.14. The smallest absolute Gasteiger partial charge is 0.0601 e. The van der Waals surface area contributed by atoms with Crippen molar-refractivity contribution in [3.05, 3.63) is 72.3 Å². The molecule has 2 N–H and O–H groups in total. The summed E-state index contributed by atoms with van der Waals surface area (Å²) in [6.45, 7) is 2.05. The average molecular weight is 304 g/mol. The number of hydrogen-bond acceptors (Lipinski definition) is 3. The summed E-state index contributed by atoms with van der Waals surface area (Å²) < 4.78 is 0. The van der Waals surface area contributed by atoms with E-state index in [1.807, 2.05) is 17.8 Å². The van der Waals surface area contributed by atoms with Gasteiger partial charge < -0.3 is 10.6 Å². The molecule has 0 aromatic heterocycles. The monoisotopic (exact) mass is 304 g/mol. The van der Waals surface area contributed by atoms with E-state index in [1.165, 1.54) is 21.2 Å². The van der Waals surface area contributed by atoms with Crippen LogP contribution in [0.3, 0.4) is 0 Å². The van der Waals surface area contributed by atoms with E-state index < -0.39 is 0 Å². The normalized spacial score (nSPS) is 12.7. The number of benzene rings is 3. The number of nitrogens with zero attached hydrogens (tertiary/aromatic N) is 1. The molecule has 0 saturated heterocycles. The van der Waals surface area contributed by atoms with Crippen LogP contribution in [0.4, 0.5) is 22.7 Å². The number of nitrogens with two attached hydrogens (primary N) is 1. The molecule has 4 rings (SSSR count). The van der Waals surface area contributed by atoms with Gasteiger partial charge in [0.25, 0.3) is 0 Å². The van der Waals surface area contributed by atoms with E-state index in [4.69, 9.17) is 5.73 Å². The summed E-state index contributed by atoms with van der Waals surface area (Å²) in [6, 6.07) is 23.3. The molecule has 1 heterocycles. The topological polar surface area (TPSA) is 29.3 Å². The molecule has 108 valence electrons. The van der Waals surface area contributed by atoms with E-state index in [0.29, 0.717) is 0 Å². The maximum atomic E-state index is 5.98. The van der Waals surface area contributed by atoms with Crippen molar-refractivity contribution in [2.75, 3.05) is 10.6 Å².